The van der Waals surface area contributed by atoms with E-state index in [9.17, 15) is 0 Å². The van der Waals surface area contributed by atoms with Gasteiger partial charge in [-0.2, -0.15) is 0 Å². The highest BCUT2D eigenvalue weighted by molar-refractivity contribution is 4.83. The van der Waals surface area contributed by atoms with Crippen molar-refractivity contribution in [1.29, 1.82) is 0 Å². The van der Waals surface area contributed by atoms with Crippen molar-refractivity contribution in [1.82, 2.24) is 0 Å². The largest absolute Gasteiger partial charge is 0.0654 e. The van der Waals surface area contributed by atoms with Gasteiger partial charge in [-0.3, -0.25) is 0 Å². The smallest absolute Gasteiger partial charge is 0.0324 e. The number of rotatable bonds is 20. The molecule has 0 nitrogen and oxygen atoms in total. The van der Waals surface area contributed by atoms with Crippen molar-refractivity contribution in [2.45, 2.75) is 143 Å². The minimum Gasteiger partial charge on any atom is -0.0654 e. The zero-order chi connectivity index (χ0) is 18.6. The van der Waals surface area contributed by atoms with Crippen LogP contribution in [0.25, 0.3) is 0 Å². The fraction of sp³-hybridized carbons (Fsp3) is 0.960. The molecule has 25 heavy (non-hydrogen) atoms. The Labute approximate surface area is 161 Å². The van der Waals surface area contributed by atoms with Crippen LogP contribution in [-0.2, 0) is 0 Å². The Morgan fingerprint density at radius 2 is 0.800 bits per heavy atom. The molecule has 1 radical (unpaired) electrons. The maximum Gasteiger partial charge on any atom is -0.0324 e. The Morgan fingerprint density at radius 3 is 1.24 bits per heavy atom. The fourth-order valence-electron chi connectivity index (χ4n) is 4.01. The fourth-order valence-corrected chi connectivity index (χ4v) is 4.01. The molecular weight excluding hydrogens is 300 g/mol. The molecule has 0 aromatic rings. The predicted octanol–water partition coefficient (Wildman–Crippen LogP) is 9.52. The maximum absolute atomic E-state index is 2.80. The molecule has 0 bridgehead atoms. The van der Waals surface area contributed by atoms with Crippen LogP contribution in [0.5, 0.6) is 0 Å². The summed E-state index contributed by atoms with van der Waals surface area (Å²) in [4.78, 5) is 0. The maximum atomic E-state index is 2.80. The van der Waals surface area contributed by atoms with Crippen LogP contribution in [0.1, 0.15) is 143 Å². The van der Waals surface area contributed by atoms with Crippen LogP contribution in [0.2, 0.25) is 0 Å². The van der Waals surface area contributed by atoms with Crippen LogP contribution in [0.4, 0.5) is 0 Å². The van der Waals surface area contributed by atoms with Gasteiger partial charge in [0.15, 0.2) is 0 Å². The van der Waals surface area contributed by atoms with E-state index in [2.05, 4.69) is 34.1 Å². The minimum absolute atomic E-state index is 0.883. The molecule has 0 fully saturated rings. The van der Waals surface area contributed by atoms with E-state index in [1.54, 1.807) is 0 Å². The van der Waals surface area contributed by atoms with Gasteiger partial charge in [0, 0.05) is 0 Å². The summed E-state index contributed by atoms with van der Waals surface area (Å²) in [5.74, 6) is 1.78. The Balaban J connectivity index is 4.06. The second-order valence-electron chi connectivity index (χ2n) is 8.38. The lowest BCUT2D eigenvalue weighted by molar-refractivity contribution is 0.380. The van der Waals surface area contributed by atoms with Gasteiger partial charge in [-0.1, -0.05) is 143 Å². The van der Waals surface area contributed by atoms with Crippen LogP contribution in [0.3, 0.4) is 0 Å². The summed E-state index contributed by atoms with van der Waals surface area (Å²) >= 11 is 0. The highest BCUT2D eigenvalue weighted by atomic mass is 14.2. The first-order valence-electron chi connectivity index (χ1n) is 12.1. The monoisotopic (exact) mass is 351 g/mol. The molecule has 0 heterocycles. The third-order valence-corrected chi connectivity index (χ3v) is 5.85. The summed E-state index contributed by atoms with van der Waals surface area (Å²) in [5.41, 5.74) is 0. The van der Waals surface area contributed by atoms with Gasteiger partial charge in [0.05, 0.1) is 0 Å². The molecule has 151 valence electrons. The second kappa shape index (κ2) is 20.3. The first-order valence-corrected chi connectivity index (χ1v) is 12.1. The molecule has 0 amide bonds. The van der Waals surface area contributed by atoms with E-state index in [0.29, 0.717) is 0 Å². The Morgan fingerprint density at radius 1 is 0.440 bits per heavy atom. The van der Waals surface area contributed by atoms with E-state index in [-0.39, 0.29) is 0 Å². The standard InChI is InChI=1S/C25H51/c1-5-9-12-15-16-19-20-24(8-4)23-25(21-17-13-10-6-2)22-18-14-11-7-3/h23-25H,5-22H2,1-4H3. The predicted molar refractivity (Wildman–Crippen MR) is 117 cm³/mol. The van der Waals surface area contributed by atoms with Crippen molar-refractivity contribution in [3.05, 3.63) is 6.42 Å². The molecule has 0 saturated heterocycles. The molecular formula is C25H51. The molecule has 0 aliphatic carbocycles. The highest BCUT2D eigenvalue weighted by Gasteiger charge is 2.15. The first kappa shape index (κ1) is 25.0. The Hall–Kier alpha value is 0. The summed E-state index contributed by atoms with van der Waals surface area (Å²) < 4.78 is 0. The van der Waals surface area contributed by atoms with E-state index in [1.807, 2.05) is 0 Å². The molecule has 0 heteroatoms. The van der Waals surface area contributed by atoms with Gasteiger partial charge >= 0.3 is 0 Å². The van der Waals surface area contributed by atoms with Crippen LogP contribution in [0.15, 0.2) is 0 Å². The Bertz CT molecular complexity index is 220. The van der Waals surface area contributed by atoms with Crippen LogP contribution < -0.4 is 0 Å². The summed E-state index contributed by atoms with van der Waals surface area (Å²) in [6.07, 6.45) is 28.5. The molecule has 1 unspecified atom stereocenters. The number of hydrogen-bond acceptors (Lipinski definition) is 0. The summed E-state index contributed by atoms with van der Waals surface area (Å²) in [5, 5.41) is 0. The van der Waals surface area contributed by atoms with E-state index < -0.39 is 0 Å². The van der Waals surface area contributed by atoms with E-state index in [0.717, 1.165) is 11.8 Å². The average Bonchev–Trinajstić information content (AvgIpc) is 2.63. The summed E-state index contributed by atoms with van der Waals surface area (Å²) in [6.45, 7) is 9.36. The highest BCUT2D eigenvalue weighted by Crippen LogP contribution is 2.28. The van der Waals surface area contributed by atoms with Crippen molar-refractivity contribution in [3.8, 4) is 0 Å². The van der Waals surface area contributed by atoms with E-state index in [4.69, 9.17) is 0 Å². The lowest BCUT2D eigenvalue weighted by Gasteiger charge is -2.23. The zero-order valence-corrected chi connectivity index (χ0v) is 18.5. The van der Waals surface area contributed by atoms with Gasteiger partial charge in [0.25, 0.3) is 0 Å². The quantitative estimate of drug-likeness (QED) is 0.191. The summed E-state index contributed by atoms with van der Waals surface area (Å²) in [6, 6.07) is 0. The molecule has 0 rings (SSSR count). The van der Waals surface area contributed by atoms with Gasteiger partial charge in [-0.15, -0.1) is 0 Å². The molecule has 1 atom stereocenters. The van der Waals surface area contributed by atoms with Crippen molar-refractivity contribution in [2.75, 3.05) is 0 Å². The van der Waals surface area contributed by atoms with Crippen molar-refractivity contribution in [2.24, 2.45) is 11.8 Å². The summed E-state index contributed by atoms with van der Waals surface area (Å²) in [7, 11) is 0. The number of unbranched alkanes of at least 4 members (excludes halogenated alkanes) is 11. The first-order chi connectivity index (χ1) is 12.3. The van der Waals surface area contributed by atoms with E-state index in [1.165, 1.54) is 116 Å². The SMILES string of the molecule is CCCCCCCCC([CH]C(CCCCCC)CCCCCC)CC. The van der Waals surface area contributed by atoms with Gasteiger partial charge < -0.3 is 0 Å². The molecule has 0 saturated carbocycles. The normalized spacial score (nSPS) is 12.8. The molecule has 0 aromatic heterocycles. The molecule has 0 aliphatic rings. The third kappa shape index (κ3) is 17.2. The lowest BCUT2D eigenvalue weighted by Crippen LogP contribution is -2.10. The lowest BCUT2D eigenvalue weighted by atomic mass is 9.83. The second-order valence-corrected chi connectivity index (χ2v) is 8.38. The molecule has 0 spiro atoms. The van der Waals surface area contributed by atoms with Crippen LogP contribution in [-0.4, -0.2) is 0 Å². The molecule has 0 N–H and O–H groups in total. The zero-order valence-electron chi connectivity index (χ0n) is 18.5. The van der Waals surface area contributed by atoms with Gasteiger partial charge in [-0.05, 0) is 18.3 Å². The van der Waals surface area contributed by atoms with Crippen LogP contribution >= 0.6 is 0 Å². The van der Waals surface area contributed by atoms with E-state index >= 15 is 0 Å². The average molecular weight is 352 g/mol. The third-order valence-electron chi connectivity index (χ3n) is 5.85. The van der Waals surface area contributed by atoms with Crippen molar-refractivity contribution < 1.29 is 0 Å². The van der Waals surface area contributed by atoms with Crippen molar-refractivity contribution >= 4 is 0 Å². The van der Waals surface area contributed by atoms with Gasteiger partial charge in [0.2, 0.25) is 0 Å². The van der Waals surface area contributed by atoms with Gasteiger partial charge in [-0.25, -0.2) is 0 Å². The molecule has 0 aromatic carbocycles. The van der Waals surface area contributed by atoms with Crippen molar-refractivity contribution in [3.63, 3.8) is 0 Å². The number of hydrogen-bond donors (Lipinski definition) is 0. The Kier molecular flexibility index (Phi) is 20.3. The molecule has 0 aliphatic heterocycles. The van der Waals surface area contributed by atoms with Gasteiger partial charge in [0.1, 0.15) is 0 Å². The van der Waals surface area contributed by atoms with Crippen LogP contribution in [0, 0.1) is 18.3 Å². The minimum atomic E-state index is 0.883. The topological polar surface area (TPSA) is 0 Å².